The minimum absolute atomic E-state index is 0.0743. The molecule has 0 bridgehead atoms. The van der Waals surface area contributed by atoms with E-state index in [1.54, 1.807) is 23.3 Å². The molecule has 164 valence electrons. The Kier molecular flexibility index (Phi) is 6.70. The van der Waals surface area contributed by atoms with Gasteiger partial charge in [-0.05, 0) is 30.4 Å². The lowest BCUT2D eigenvalue weighted by Crippen LogP contribution is -2.37. The summed E-state index contributed by atoms with van der Waals surface area (Å²) < 4.78 is 5.45. The number of fused-ring (bicyclic) bond motifs is 1. The number of methoxy groups -OCH3 is 1. The van der Waals surface area contributed by atoms with Crippen molar-refractivity contribution < 1.29 is 19.1 Å². The van der Waals surface area contributed by atoms with Crippen molar-refractivity contribution in [1.82, 2.24) is 9.80 Å². The van der Waals surface area contributed by atoms with Crippen LogP contribution in [-0.4, -0.2) is 41.2 Å². The average Bonchev–Trinajstić information content (AvgIpc) is 3.39. The molecule has 2 heterocycles. The number of rotatable bonds is 8. The van der Waals surface area contributed by atoms with E-state index in [4.69, 9.17) is 4.74 Å². The van der Waals surface area contributed by atoms with Gasteiger partial charge < -0.3 is 9.64 Å². The molecule has 7 heteroatoms. The molecule has 2 aliphatic rings. The largest absolute Gasteiger partial charge is 0.496 e. The first kappa shape index (κ1) is 21.6. The molecule has 2 aromatic rings. The number of hydrogen-bond acceptors (Lipinski definition) is 5. The van der Waals surface area contributed by atoms with Crippen LogP contribution >= 0.6 is 11.3 Å². The van der Waals surface area contributed by atoms with Gasteiger partial charge in [0, 0.05) is 30.0 Å². The number of imide groups is 1. The van der Waals surface area contributed by atoms with Gasteiger partial charge in [0.1, 0.15) is 5.75 Å². The summed E-state index contributed by atoms with van der Waals surface area (Å²) in [6.07, 6.45) is 3.72. The van der Waals surface area contributed by atoms with Crippen LogP contribution in [0.1, 0.15) is 42.5 Å². The van der Waals surface area contributed by atoms with Gasteiger partial charge in [0.25, 0.3) is 0 Å². The average molecular weight is 441 g/mol. The van der Waals surface area contributed by atoms with Crippen molar-refractivity contribution in [3.05, 3.63) is 52.2 Å². The van der Waals surface area contributed by atoms with E-state index in [1.165, 1.54) is 4.90 Å². The number of benzene rings is 1. The van der Waals surface area contributed by atoms with Crippen molar-refractivity contribution in [1.29, 1.82) is 0 Å². The summed E-state index contributed by atoms with van der Waals surface area (Å²) in [5.41, 5.74) is 0.925. The number of ether oxygens (including phenoxy) is 1. The number of carbonyl (C=O) groups excluding carboxylic acids is 3. The molecule has 3 amide bonds. The van der Waals surface area contributed by atoms with Crippen molar-refractivity contribution in [2.24, 2.45) is 11.8 Å². The third kappa shape index (κ3) is 4.66. The highest BCUT2D eigenvalue weighted by Gasteiger charge is 2.47. The highest BCUT2D eigenvalue weighted by Crippen LogP contribution is 2.38. The molecular formula is C24H28N2O4S. The second-order valence-corrected chi connectivity index (χ2v) is 9.25. The number of amides is 3. The van der Waals surface area contributed by atoms with Crippen LogP contribution in [0.4, 0.5) is 0 Å². The van der Waals surface area contributed by atoms with E-state index in [0.29, 0.717) is 13.1 Å². The zero-order valence-electron chi connectivity index (χ0n) is 17.8. The topological polar surface area (TPSA) is 66.9 Å². The van der Waals surface area contributed by atoms with Crippen LogP contribution in [0.25, 0.3) is 0 Å². The first-order chi connectivity index (χ1) is 15.1. The van der Waals surface area contributed by atoms with Gasteiger partial charge in [-0.1, -0.05) is 37.1 Å². The van der Waals surface area contributed by atoms with Crippen LogP contribution in [0.2, 0.25) is 0 Å². The molecule has 31 heavy (non-hydrogen) atoms. The summed E-state index contributed by atoms with van der Waals surface area (Å²) in [6, 6.07) is 11.6. The lowest BCUT2D eigenvalue weighted by molar-refractivity contribution is -0.141. The number of hydrogen-bond donors (Lipinski definition) is 0. The normalized spacial score (nSPS) is 20.6. The van der Waals surface area contributed by atoms with Crippen LogP contribution in [-0.2, 0) is 27.5 Å². The predicted molar refractivity (Wildman–Crippen MR) is 118 cm³/mol. The lowest BCUT2D eigenvalue weighted by atomic mass is 9.81. The van der Waals surface area contributed by atoms with Gasteiger partial charge in [-0.3, -0.25) is 19.3 Å². The summed E-state index contributed by atoms with van der Waals surface area (Å²) in [6.45, 7) is 1.06. The third-order valence-electron chi connectivity index (χ3n) is 6.31. The molecule has 0 N–H and O–H groups in total. The Morgan fingerprint density at radius 1 is 1.06 bits per heavy atom. The molecule has 1 aromatic heterocycles. The van der Waals surface area contributed by atoms with Crippen LogP contribution in [0, 0.1) is 11.8 Å². The van der Waals surface area contributed by atoms with Crippen molar-refractivity contribution in [2.45, 2.75) is 45.2 Å². The second-order valence-electron chi connectivity index (χ2n) is 8.22. The molecule has 4 rings (SSSR count). The van der Waals surface area contributed by atoms with Gasteiger partial charge in [0.2, 0.25) is 17.7 Å². The van der Waals surface area contributed by atoms with Crippen molar-refractivity contribution in [2.75, 3.05) is 13.7 Å². The molecule has 0 unspecified atom stereocenters. The maximum Gasteiger partial charge on any atom is 0.233 e. The molecule has 6 nitrogen and oxygen atoms in total. The van der Waals surface area contributed by atoms with Crippen LogP contribution in [0.3, 0.4) is 0 Å². The van der Waals surface area contributed by atoms with Gasteiger partial charge in [0.15, 0.2) is 0 Å². The second kappa shape index (κ2) is 9.64. The van der Waals surface area contributed by atoms with E-state index >= 15 is 0 Å². The zero-order valence-corrected chi connectivity index (χ0v) is 18.6. The zero-order chi connectivity index (χ0) is 21.8. The van der Waals surface area contributed by atoms with E-state index in [9.17, 15) is 14.4 Å². The van der Waals surface area contributed by atoms with Crippen LogP contribution in [0.15, 0.2) is 41.8 Å². The van der Waals surface area contributed by atoms with E-state index in [0.717, 1.165) is 41.9 Å². The minimum Gasteiger partial charge on any atom is -0.496 e. The summed E-state index contributed by atoms with van der Waals surface area (Å²) in [4.78, 5) is 42.9. The highest BCUT2D eigenvalue weighted by molar-refractivity contribution is 7.09. The molecule has 2 atom stereocenters. The minimum atomic E-state index is -0.174. The van der Waals surface area contributed by atoms with E-state index in [2.05, 4.69) is 0 Å². The fourth-order valence-electron chi connectivity index (χ4n) is 4.68. The SMILES string of the molecule is COc1ccccc1CN(Cc1cccs1)C(=O)CCN1C(=O)[C@H]2CCCC[C@@H]2C1=O. The molecule has 1 aromatic carbocycles. The summed E-state index contributed by atoms with van der Waals surface area (Å²) in [7, 11) is 1.62. The fourth-order valence-corrected chi connectivity index (χ4v) is 5.40. The number of nitrogens with zero attached hydrogens (tertiary/aromatic N) is 2. The predicted octanol–water partition coefficient (Wildman–Crippen LogP) is 3.85. The molecule has 1 aliphatic heterocycles. The Hall–Kier alpha value is -2.67. The molecule has 1 saturated heterocycles. The van der Waals surface area contributed by atoms with E-state index in [-0.39, 0.29) is 42.5 Å². The monoisotopic (exact) mass is 440 g/mol. The first-order valence-corrected chi connectivity index (χ1v) is 11.7. The van der Waals surface area contributed by atoms with Gasteiger partial charge in [-0.25, -0.2) is 0 Å². The Labute approximate surface area is 186 Å². The molecule has 0 radical (unpaired) electrons. The van der Waals surface area contributed by atoms with Crippen molar-refractivity contribution in [3.8, 4) is 5.75 Å². The van der Waals surface area contributed by atoms with Gasteiger partial charge >= 0.3 is 0 Å². The molecule has 0 spiro atoms. The van der Waals surface area contributed by atoms with E-state index < -0.39 is 0 Å². The maximum atomic E-state index is 13.2. The Morgan fingerprint density at radius 3 is 2.42 bits per heavy atom. The smallest absolute Gasteiger partial charge is 0.233 e. The molecular weight excluding hydrogens is 412 g/mol. The fraction of sp³-hybridized carbons (Fsp3) is 0.458. The first-order valence-electron chi connectivity index (χ1n) is 10.9. The summed E-state index contributed by atoms with van der Waals surface area (Å²) in [5, 5.41) is 1.99. The molecule has 2 fully saturated rings. The van der Waals surface area contributed by atoms with Crippen LogP contribution in [0.5, 0.6) is 5.75 Å². The lowest BCUT2D eigenvalue weighted by Gasteiger charge is -2.24. The van der Waals surface area contributed by atoms with Crippen LogP contribution < -0.4 is 4.74 Å². The Balaban J connectivity index is 1.45. The van der Waals surface area contributed by atoms with Gasteiger partial charge in [-0.2, -0.15) is 0 Å². The molecule has 1 aliphatic carbocycles. The summed E-state index contributed by atoms with van der Waals surface area (Å²) >= 11 is 1.60. The third-order valence-corrected chi connectivity index (χ3v) is 7.18. The van der Waals surface area contributed by atoms with E-state index in [1.807, 2.05) is 41.8 Å². The Morgan fingerprint density at radius 2 is 1.77 bits per heavy atom. The van der Waals surface area contributed by atoms with Crippen molar-refractivity contribution in [3.63, 3.8) is 0 Å². The Bertz CT molecular complexity index is 919. The number of para-hydroxylation sites is 1. The van der Waals surface area contributed by atoms with Gasteiger partial charge in [0.05, 0.1) is 25.5 Å². The number of likely N-dealkylation sites (tertiary alicyclic amines) is 1. The van der Waals surface area contributed by atoms with Crippen molar-refractivity contribution >= 4 is 29.1 Å². The quantitative estimate of drug-likeness (QED) is 0.585. The summed E-state index contributed by atoms with van der Waals surface area (Å²) in [5.74, 6) is 0.142. The highest BCUT2D eigenvalue weighted by atomic mass is 32.1. The standard InChI is InChI=1S/C24H28N2O4S/c1-30-21-11-5-2-7-17(21)15-25(16-18-8-6-14-31-18)22(27)12-13-26-23(28)19-9-3-4-10-20(19)24(26)29/h2,5-8,11,14,19-20H,3-4,9-10,12-13,15-16H2,1H3/t19-,20-/m0/s1. The number of thiophene rings is 1. The number of carbonyl (C=O) groups is 3. The van der Waals surface area contributed by atoms with Gasteiger partial charge in [-0.15, -0.1) is 11.3 Å². The maximum absolute atomic E-state index is 13.2. The molecule has 1 saturated carbocycles.